The Morgan fingerprint density at radius 3 is 2.81 bits per heavy atom. The number of hydrogen-bond donors (Lipinski definition) is 2. The normalized spacial score (nSPS) is 18.6. The lowest BCUT2D eigenvalue weighted by molar-refractivity contribution is 0.578. The van der Waals surface area contributed by atoms with E-state index in [9.17, 15) is 14.0 Å². The van der Waals surface area contributed by atoms with Crippen molar-refractivity contribution in [3.05, 3.63) is 60.9 Å². The van der Waals surface area contributed by atoms with Crippen LogP contribution >= 0.6 is 11.6 Å². The lowest BCUT2D eigenvalue weighted by Crippen LogP contribution is -2.36. The highest BCUT2D eigenvalue weighted by molar-refractivity contribution is 6.29. The average Bonchev–Trinajstić information content (AvgIpc) is 2.76. The molecule has 2 atom stereocenters. The highest BCUT2D eigenvalue weighted by Gasteiger charge is 2.27. The molecule has 1 aliphatic heterocycles. The summed E-state index contributed by atoms with van der Waals surface area (Å²) in [6.45, 7) is 5.78. The van der Waals surface area contributed by atoms with Crippen molar-refractivity contribution in [3.8, 4) is 0 Å². The summed E-state index contributed by atoms with van der Waals surface area (Å²) in [6.07, 6.45) is 4.17. The van der Waals surface area contributed by atoms with E-state index in [0.29, 0.717) is 17.0 Å². The zero-order valence-electron chi connectivity index (χ0n) is 15.1. The second-order valence-corrected chi connectivity index (χ2v) is 6.86. The number of hydrogen-bond acceptors (Lipinski definition) is 5. The Bertz CT molecular complexity index is 1130. The Morgan fingerprint density at radius 2 is 2.15 bits per heavy atom. The summed E-state index contributed by atoms with van der Waals surface area (Å²) in [4.78, 5) is 35.4. The van der Waals surface area contributed by atoms with E-state index in [1.165, 1.54) is 4.57 Å². The molecule has 2 aromatic heterocycles. The Labute approximate surface area is 159 Å². The molecule has 3 heterocycles. The van der Waals surface area contributed by atoms with Gasteiger partial charge in [-0.3, -0.25) is 19.3 Å². The first-order valence-corrected chi connectivity index (χ1v) is 8.85. The van der Waals surface area contributed by atoms with Crippen LogP contribution in [0.1, 0.15) is 33.2 Å². The summed E-state index contributed by atoms with van der Waals surface area (Å²) in [5.41, 5.74) is 6.66. The van der Waals surface area contributed by atoms with Crippen LogP contribution in [-0.2, 0) is 0 Å². The first kappa shape index (κ1) is 19.0. The molecule has 2 aromatic rings. The maximum Gasteiger partial charge on any atom is 0.330 e. The van der Waals surface area contributed by atoms with Crippen molar-refractivity contribution in [1.82, 2.24) is 14.5 Å². The quantitative estimate of drug-likeness (QED) is 0.784. The van der Waals surface area contributed by atoms with Crippen LogP contribution in [0.2, 0.25) is 5.15 Å². The summed E-state index contributed by atoms with van der Waals surface area (Å²) in [7, 11) is 0. The molecule has 2 unspecified atom stereocenters. The molecule has 27 heavy (non-hydrogen) atoms. The van der Waals surface area contributed by atoms with Crippen LogP contribution in [-0.4, -0.2) is 20.7 Å². The number of aliphatic imine (C=N–C) groups is 1. The minimum Gasteiger partial charge on any atom is -0.399 e. The van der Waals surface area contributed by atoms with Gasteiger partial charge in [0.05, 0.1) is 16.8 Å². The van der Waals surface area contributed by atoms with Gasteiger partial charge in [-0.1, -0.05) is 25.4 Å². The van der Waals surface area contributed by atoms with E-state index in [0.717, 1.165) is 12.5 Å². The van der Waals surface area contributed by atoms with Crippen LogP contribution < -0.4 is 17.0 Å². The molecule has 0 saturated carbocycles. The van der Waals surface area contributed by atoms with Crippen molar-refractivity contribution in [1.29, 1.82) is 0 Å². The van der Waals surface area contributed by atoms with E-state index in [-0.39, 0.29) is 17.0 Å². The number of nitrogens with two attached hydrogens (primary N) is 1. The summed E-state index contributed by atoms with van der Waals surface area (Å²) in [6, 6.07) is 0.221. The van der Waals surface area contributed by atoms with E-state index in [4.69, 9.17) is 17.3 Å². The van der Waals surface area contributed by atoms with Gasteiger partial charge in [0.15, 0.2) is 16.6 Å². The Hall–Kier alpha value is -2.74. The topological polar surface area (TPSA) is 106 Å². The van der Waals surface area contributed by atoms with Gasteiger partial charge in [0.25, 0.3) is 5.56 Å². The molecule has 3 rings (SSSR count). The number of fused-ring (bicyclic) bond motifs is 1. The monoisotopic (exact) mass is 391 g/mol. The second-order valence-electron chi connectivity index (χ2n) is 6.50. The van der Waals surface area contributed by atoms with Crippen LogP contribution in [0.15, 0.2) is 43.7 Å². The van der Waals surface area contributed by atoms with Gasteiger partial charge in [-0.2, -0.15) is 0 Å². The van der Waals surface area contributed by atoms with Gasteiger partial charge in [-0.05, 0) is 37.0 Å². The lowest BCUT2D eigenvalue weighted by Gasteiger charge is -2.24. The Balaban J connectivity index is 2.41. The zero-order chi connectivity index (χ0) is 19.9. The van der Waals surface area contributed by atoms with Gasteiger partial charge in [-0.15, -0.1) is 0 Å². The summed E-state index contributed by atoms with van der Waals surface area (Å²) in [5.74, 6) is -0.790. The molecule has 0 bridgehead atoms. The van der Waals surface area contributed by atoms with Crippen LogP contribution in [0.5, 0.6) is 0 Å². The highest BCUT2D eigenvalue weighted by Crippen LogP contribution is 2.31. The molecular weight excluding hydrogens is 373 g/mol. The van der Waals surface area contributed by atoms with E-state index in [1.807, 2.05) is 13.8 Å². The third-order valence-corrected chi connectivity index (χ3v) is 5.00. The van der Waals surface area contributed by atoms with Gasteiger partial charge >= 0.3 is 5.69 Å². The minimum absolute atomic E-state index is 0.0405. The fourth-order valence-corrected chi connectivity index (χ4v) is 3.24. The van der Waals surface area contributed by atoms with Crippen molar-refractivity contribution in [2.45, 2.75) is 33.2 Å². The van der Waals surface area contributed by atoms with E-state index >= 15 is 0 Å². The van der Waals surface area contributed by atoms with Crippen LogP contribution in [0, 0.1) is 11.7 Å². The maximum absolute atomic E-state index is 13.8. The number of H-pyrrole nitrogens is 1. The fraction of sp³-hybridized carbons (Fsp3) is 0.333. The average molecular weight is 392 g/mol. The zero-order valence-corrected chi connectivity index (χ0v) is 15.8. The smallest absolute Gasteiger partial charge is 0.330 e. The van der Waals surface area contributed by atoms with Gasteiger partial charge in [0, 0.05) is 6.21 Å². The standard InChI is InChI=1S/C18H19ClFN5O2/c1-4-8(2)13-12(21)14(9(3)5-6-22-13)25-16-10(17(26)24-18(25)27)7-11(20)15(19)23-16/h5-8,14H,4,21H2,1-3H3,(H,24,26,27). The molecular formula is C18H19ClFN5O2. The number of nitrogens with one attached hydrogen (secondary N) is 1. The van der Waals surface area contributed by atoms with Crippen LogP contribution in [0.3, 0.4) is 0 Å². The molecule has 7 nitrogen and oxygen atoms in total. The second kappa shape index (κ2) is 7.11. The number of nitrogens with zero attached hydrogens (tertiary/aromatic N) is 3. The highest BCUT2D eigenvalue weighted by atomic mass is 35.5. The molecule has 0 aromatic carbocycles. The number of halogens is 2. The van der Waals surface area contributed by atoms with Crippen molar-refractivity contribution in [2.24, 2.45) is 16.6 Å². The molecule has 0 aliphatic carbocycles. The van der Waals surface area contributed by atoms with Crippen LogP contribution in [0.4, 0.5) is 4.39 Å². The molecule has 0 amide bonds. The molecule has 3 N–H and O–H groups in total. The first-order chi connectivity index (χ1) is 12.8. The number of pyridine rings is 1. The summed E-state index contributed by atoms with van der Waals surface area (Å²) >= 11 is 5.81. The number of rotatable bonds is 3. The number of allylic oxidation sites excluding steroid dienone is 3. The molecule has 0 fully saturated rings. The maximum atomic E-state index is 13.8. The Kier molecular flexibility index (Phi) is 5.01. The minimum atomic E-state index is -0.847. The lowest BCUT2D eigenvalue weighted by atomic mass is 9.97. The third-order valence-electron chi connectivity index (χ3n) is 4.74. The van der Waals surface area contributed by atoms with Gasteiger partial charge in [-0.25, -0.2) is 14.2 Å². The third kappa shape index (κ3) is 3.21. The molecule has 0 saturated heterocycles. The summed E-state index contributed by atoms with van der Waals surface area (Å²) < 4.78 is 15.1. The number of aromatic amines is 1. The molecule has 1 aliphatic rings. The largest absolute Gasteiger partial charge is 0.399 e. The molecule has 0 spiro atoms. The van der Waals surface area contributed by atoms with Crippen molar-refractivity contribution >= 4 is 28.8 Å². The van der Waals surface area contributed by atoms with Crippen molar-refractivity contribution in [3.63, 3.8) is 0 Å². The molecule has 0 radical (unpaired) electrons. The van der Waals surface area contributed by atoms with Gasteiger partial charge in [0.2, 0.25) is 0 Å². The predicted molar refractivity (Wildman–Crippen MR) is 104 cm³/mol. The van der Waals surface area contributed by atoms with Gasteiger partial charge < -0.3 is 5.73 Å². The molecule has 9 heteroatoms. The van der Waals surface area contributed by atoms with Crippen molar-refractivity contribution < 1.29 is 4.39 Å². The summed E-state index contributed by atoms with van der Waals surface area (Å²) in [5, 5.41) is -0.523. The molecule has 142 valence electrons. The predicted octanol–water partition coefficient (Wildman–Crippen LogP) is 2.67. The fourth-order valence-electron chi connectivity index (χ4n) is 3.10. The van der Waals surface area contributed by atoms with E-state index < -0.39 is 28.3 Å². The van der Waals surface area contributed by atoms with Crippen molar-refractivity contribution in [2.75, 3.05) is 0 Å². The first-order valence-electron chi connectivity index (χ1n) is 8.47. The SMILES string of the molecule is CCC(C)C1=C(N)C(n2c(=O)[nH]c(=O)c3cc(F)c(Cl)nc32)C(C)=CC=N1. The van der Waals surface area contributed by atoms with Gasteiger partial charge in [0.1, 0.15) is 6.04 Å². The van der Waals surface area contributed by atoms with E-state index in [1.54, 1.807) is 19.2 Å². The number of aromatic nitrogens is 3. The Morgan fingerprint density at radius 1 is 1.44 bits per heavy atom. The van der Waals surface area contributed by atoms with E-state index in [2.05, 4.69) is 15.0 Å². The van der Waals surface area contributed by atoms with Crippen LogP contribution in [0.25, 0.3) is 11.0 Å².